The first-order chi connectivity index (χ1) is 13.2. The van der Waals surface area contributed by atoms with E-state index in [4.69, 9.17) is 16.6 Å². The first-order valence-corrected chi connectivity index (χ1v) is 9.34. The number of aliphatic imine (C=N–C) groups is 1. The van der Waals surface area contributed by atoms with Crippen molar-refractivity contribution in [3.05, 3.63) is 101 Å². The molecule has 27 heavy (non-hydrogen) atoms. The molecule has 0 bridgehead atoms. The number of benzene rings is 3. The molecule has 1 aliphatic heterocycles. The lowest BCUT2D eigenvalue weighted by Gasteiger charge is -2.28. The Labute approximate surface area is 163 Å². The lowest BCUT2D eigenvalue weighted by molar-refractivity contribution is -0.118. The molecule has 0 saturated carbocycles. The van der Waals surface area contributed by atoms with Crippen molar-refractivity contribution in [3.63, 3.8) is 0 Å². The van der Waals surface area contributed by atoms with E-state index in [1.165, 1.54) is 0 Å². The third-order valence-corrected chi connectivity index (χ3v) is 4.87. The normalized spacial score (nSPS) is 14.2. The Morgan fingerprint density at radius 1 is 0.926 bits per heavy atom. The summed E-state index contributed by atoms with van der Waals surface area (Å²) in [5.74, 6) is 0.0679. The summed E-state index contributed by atoms with van der Waals surface area (Å²) >= 11 is 6.31. The van der Waals surface area contributed by atoms with Gasteiger partial charge in [-0.15, -0.1) is 0 Å². The molecule has 0 aliphatic carbocycles. The van der Waals surface area contributed by atoms with Crippen molar-refractivity contribution < 1.29 is 4.79 Å². The summed E-state index contributed by atoms with van der Waals surface area (Å²) in [6.45, 7) is 0.983. The molecular formula is C23H19ClN2O. The molecule has 4 heteroatoms. The molecule has 3 nitrogen and oxygen atoms in total. The van der Waals surface area contributed by atoms with Crippen molar-refractivity contribution in [1.29, 1.82) is 0 Å². The molecule has 0 aromatic heterocycles. The van der Waals surface area contributed by atoms with Crippen LogP contribution >= 0.6 is 11.6 Å². The quantitative estimate of drug-likeness (QED) is 0.626. The number of halogens is 1. The van der Waals surface area contributed by atoms with Gasteiger partial charge in [0.1, 0.15) is 0 Å². The SMILES string of the molecule is O=C1CCN=C(c2ccccc2)c2cc(Cl)ccc2N1Cc1ccccc1. The van der Waals surface area contributed by atoms with Gasteiger partial charge >= 0.3 is 0 Å². The van der Waals surface area contributed by atoms with Gasteiger partial charge in [0, 0.05) is 29.1 Å². The zero-order valence-electron chi connectivity index (χ0n) is 14.8. The number of rotatable bonds is 3. The summed E-state index contributed by atoms with van der Waals surface area (Å²) in [7, 11) is 0. The molecule has 1 aliphatic rings. The highest BCUT2D eigenvalue weighted by Crippen LogP contribution is 2.30. The van der Waals surface area contributed by atoms with Gasteiger partial charge in [-0.1, -0.05) is 72.3 Å². The zero-order chi connectivity index (χ0) is 18.6. The molecule has 0 N–H and O–H groups in total. The summed E-state index contributed by atoms with van der Waals surface area (Å²) < 4.78 is 0. The molecule has 1 heterocycles. The lowest BCUT2D eigenvalue weighted by Crippen LogP contribution is -2.33. The maximum absolute atomic E-state index is 12.9. The molecule has 3 aromatic rings. The number of fused-ring (bicyclic) bond motifs is 1. The topological polar surface area (TPSA) is 32.7 Å². The predicted octanol–water partition coefficient (Wildman–Crippen LogP) is 5.11. The smallest absolute Gasteiger partial charge is 0.229 e. The summed E-state index contributed by atoms with van der Waals surface area (Å²) in [6.07, 6.45) is 0.380. The molecule has 0 spiro atoms. The summed E-state index contributed by atoms with van der Waals surface area (Å²) in [4.78, 5) is 19.5. The van der Waals surface area contributed by atoms with E-state index in [0.717, 1.165) is 28.1 Å². The number of amides is 1. The number of nitrogens with zero attached hydrogens (tertiary/aromatic N) is 2. The molecule has 0 radical (unpaired) electrons. The minimum Gasteiger partial charge on any atom is -0.307 e. The molecule has 0 atom stereocenters. The van der Waals surface area contributed by atoms with Crippen molar-refractivity contribution in [2.45, 2.75) is 13.0 Å². The van der Waals surface area contributed by atoms with Crippen LogP contribution in [0.4, 0.5) is 5.69 Å². The van der Waals surface area contributed by atoms with Crippen molar-refractivity contribution >= 4 is 28.9 Å². The van der Waals surface area contributed by atoms with Gasteiger partial charge in [0.15, 0.2) is 0 Å². The number of carbonyl (C=O) groups excluding carboxylic acids is 1. The number of hydrogen-bond acceptors (Lipinski definition) is 2. The molecule has 0 unspecified atom stereocenters. The Bertz CT molecular complexity index is 984. The third kappa shape index (κ3) is 3.79. The molecule has 0 fully saturated rings. The van der Waals surface area contributed by atoms with Crippen LogP contribution in [0.1, 0.15) is 23.1 Å². The monoisotopic (exact) mass is 374 g/mol. The third-order valence-electron chi connectivity index (χ3n) is 4.63. The Balaban J connectivity index is 1.84. The Morgan fingerprint density at radius 2 is 1.63 bits per heavy atom. The van der Waals surface area contributed by atoms with Crippen LogP contribution in [-0.2, 0) is 11.3 Å². The lowest BCUT2D eigenvalue weighted by atomic mass is 9.98. The van der Waals surface area contributed by atoms with Crippen LogP contribution in [0, 0.1) is 0 Å². The second-order valence-corrected chi connectivity index (χ2v) is 6.91. The van der Waals surface area contributed by atoms with E-state index in [2.05, 4.69) is 0 Å². The van der Waals surface area contributed by atoms with Crippen molar-refractivity contribution in [3.8, 4) is 0 Å². The Hall–Kier alpha value is -2.91. The van der Waals surface area contributed by atoms with Crippen LogP contribution in [0.25, 0.3) is 0 Å². The Kier molecular flexibility index (Phi) is 5.03. The van der Waals surface area contributed by atoms with Gasteiger partial charge in [-0.2, -0.15) is 0 Å². The van der Waals surface area contributed by atoms with Crippen LogP contribution in [-0.4, -0.2) is 18.2 Å². The van der Waals surface area contributed by atoms with E-state index in [1.54, 1.807) is 0 Å². The molecule has 1 amide bonds. The Morgan fingerprint density at radius 3 is 2.37 bits per heavy atom. The fourth-order valence-corrected chi connectivity index (χ4v) is 3.51. The van der Waals surface area contributed by atoms with Crippen molar-refractivity contribution in [2.75, 3.05) is 11.4 Å². The van der Waals surface area contributed by atoms with Gasteiger partial charge in [0.2, 0.25) is 5.91 Å². The summed E-state index contributed by atoms with van der Waals surface area (Å²) in [5.41, 5.74) is 4.72. The van der Waals surface area contributed by atoms with Crippen molar-refractivity contribution in [2.24, 2.45) is 4.99 Å². The van der Waals surface area contributed by atoms with Gasteiger partial charge in [-0.25, -0.2) is 0 Å². The highest BCUT2D eigenvalue weighted by Gasteiger charge is 2.24. The van der Waals surface area contributed by atoms with E-state index < -0.39 is 0 Å². The van der Waals surface area contributed by atoms with Gasteiger partial charge in [-0.05, 0) is 23.8 Å². The summed E-state index contributed by atoms with van der Waals surface area (Å²) in [6, 6.07) is 25.7. The highest BCUT2D eigenvalue weighted by molar-refractivity contribution is 6.31. The zero-order valence-corrected chi connectivity index (χ0v) is 15.6. The van der Waals surface area contributed by atoms with Crippen LogP contribution < -0.4 is 4.90 Å². The van der Waals surface area contributed by atoms with E-state index in [-0.39, 0.29) is 5.91 Å². The van der Waals surface area contributed by atoms with Gasteiger partial charge < -0.3 is 4.90 Å². The maximum atomic E-state index is 12.9. The van der Waals surface area contributed by atoms with Crippen LogP contribution in [0.5, 0.6) is 0 Å². The van der Waals surface area contributed by atoms with E-state index in [1.807, 2.05) is 83.8 Å². The van der Waals surface area contributed by atoms with Crippen molar-refractivity contribution in [1.82, 2.24) is 0 Å². The highest BCUT2D eigenvalue weighted by atomic mass is 35.5. The van der Waals surface area contributed by atoms with Crippen LogP contribution in [0.3, 0.4) is 0 Å². The second kappa shape index (κ2) is 7.77. The average Bonchev–Trinajstić information content (AvgIpc) is 2.70. The standard InChI is InChI=1S/C23H19ClN2O/c24-19-11-12-21-20(15-19)23(18-9-5-2-6-10-18)25-14-13-22(27)26(21)16-17-7-3-1-4-8-17/h1-12,15H,13-14,16H2. The second-order valence-electron chi connectivity index (χ2n) is 6.47. The minimum atomic E-state index is 0.0679. The number of carbonyl (C=O) groups is 1. The first-order valence-electron chi connectivity index (χ1n) is 8.96. The maximum Gasteiger partial charge on any atom is 0.229 e. The van der Waals surface area contributed by atoms with Crippen LogP contribution in [0.15, 0.2) is 83.9 Å². The van der Waals surface area contributed by atoms with Gasteiger partial charge in [0.25, 0.3) is 0 Å². The molecular weight excluding hydrogens is 356 g/mol. The van der Waals surface area contributed by atoms with Gasteiger partial charge in [0.05, 0.1) is 17.9 Å². The molecule has 3 aromatic carbocycles. The molecule has 134 valence electrons. The van der Waals surface area contributed by atoms with E-state index in [9.17, 15) is 4.79 Å². The first kappa shape index (κ1) is 17.5. The predicted molar refractivity (Wildman–Crippen MR) is 111 cm³/mol. The largest absolute Gasteiger partial charge is 0.307 e. The van der Waals surface area contributed by atoms with Gasteiger partial charge in [-0.3, -0.25) is 9.79 Å². The summed E-state index contributed by atoms with van der Waals surface area (Å²) in [5, 5.41) is 0.630. The average molecular weight is 375 g/mol. The fraction of sp³-hybridized carbons (Fsp3) is 0.130. The number of hydrogen-bond donors (Lipinski definition) is 0. The van der Waals surface area contributed by atoms with E-state index in [0.29, 0.717) is 24.5 Å². The molecule has 4 rings (SSSR count). The minimum absolute atomic E-state index is 0.0679. The fourth-order valence-electron chi connectivity index (χ4n) is 3.33. The van der Waals surface area contributed by atoms with Crippen LogP contribution in [0.2, 0.25) is 5.02 Å². The number of anilines is 1. The van der Waals surface area contributed by atoms with E-state index >= 15 is 0 Å². The molecule has 0 saturated heterocycles.